The Morgan fingerprint density at radius 2 is 2.03 bits per heavy atom. The van der Waals surface area contributed by atoms with E-state index in [2.05, 4.69) is 27.4 Å². The summed E-state index contributed by atoms with van der Waals surface area (Å²) in [6, 6.07) is 10.1. The molecule has 1 saturated heterocycles. The summed E-state index contributed by atoms with van der Waals surface area (Å²) in [6.45, 7) is 1.67. The standard InChI is InChI=1S/C21H24N6O2/c1-25-13-10-22-20(25)19(28)17-8-5-11-26(14-17)21(29)18-15-27(24-23-18)12-9-16-6-3-2-4-7-16/h2-4,6-7,10,13,15,17H,5,8-9,11-12,14H2,1H3. The van der Waals surface area contributed by atoms with Gasteiger partial charge in [-0.3, -0.25) is 14.3 Å². The summed E-state index contributed by atoms with van der Waals surface area (Å²) < 4.78 is 3.42. The molecule has 29 heavy (non-hydrogen) atoms. The maximum absolute atomic E-state index is 12.9. The van der Waals surface area contributed by atoms with Crippen molar-refractivity contribution in [1.29, 1.82) is 0 Å². The molecule has 4 rings (SSSR count). The predicted octanol–water partition coefficient (Wildman–Crippen LogP) is 1.99. The number of amides is 1. The number of aryl methyl sites for hydroxylation is 3. The van der Waals surface area contributed by atoms with Crippen LogP contribution in [0.25, 0.3) is 0 Å². The van der Waals surface area contributed by atoms with Crippen LogP contribution < -0.4 is 0 Å². The van der Waals surface area contributed by atoms with Crippen molar-refractivity contribution in [2.45, 2.75) is 25.8 Å². The molecule has 8 nitrogen and oxygen atoms in total. The Morgan fingerprint density at radius 1 is 1.21 bits per heavy atom. The Balaban J connectivity index is 1.38. The number of carbonyl (C=O) groups excluding carboxylic acids is 2. The van der Waals surface area contributed by atoms with E-state index in [1.54, 1.807) is 39.8 Å². The molecule has 1 atom stereocenters. The Hall–Kier alpha value is -3.29. The summed E-state index contributed by atoms with van der Waals surface area (Å²) in [6.07, 6.45) is 7.44. The van der Waals surface area contributed by atoms with Crippen LogP contribution in [0.3, 0.4) is 0 Å². The fraction of sp³-hybridized carbons (Fsp3) is 0.381. The van der Waals surface area contributed by atoms with E-state index in [9.17, 15) is 9.59 Å². The van der Waals surface area contributed by atoms with E-state index in [0.717, 1.165) is 19.3 Å². The molecule has 3 aromatic rings. The number of hydrogen-bond donors (Lipinski definition) is 0. The number of aromatic nitrogens is 5. The smallest absolute Gasteiger partial charge is 0.276 e. The van der Waals surface area contributed by atoms with Crippen molar-refractivity contribution in [3.63, 3.8) is 0 Å². The minimum Gasteiger partial charge on any atom is -0.336 e. The van der Waals surface area contributed by atoms with E-state index in [0.29, 0.717) is 31.2 Å². The topological polar surface area (TPSA) is 85.9 Å². The van der Waals surface area contributed by atoms with Crippen LogP contribution in [0.1, 0.15) is 39.5 Å². The molecule has 150 valence electrons. The van der Waals surface area contributed by atoms with Crippen molar-refractivity contribution < 1.29 is 9.59 Å². The fourth-order valence-corrected chi connectivity index (χ4v) is 3.72. The molecule has 3 heterocycles. The van der Waals surface area contributed by atoms with Crippen LogP contribution >= 0.6 is 0 Å². The second-order valence-electron chi connectivity index (χ2n) is 7.42. The van der Waals surface area contributed by atoms with Crippen molar-refractivity contribution >= 4 is 11.7 Å². The molecule has 0 radical (unpaired) electrons. The summed E-state index contributed by atoms with van der Waals surface area (Å²) in [7, 11) is 1.81. The van der Waals surface area contributed by atoms with Crippen LogP contribution in [-0.2, 0) is 20.0 Å². The van der Waals surface area contributed by atoms with Gasteiger partial charge in [-0.1, -0.05) is 35.5 Å². The largest absolute Gasteiger partial charge is 0.336 e. The van der Waals surface area contributed by atoms with E-state index < -0.39 is 0 Å². The lowest BCUT2D eigenvalue weighted by atomic mass is 9.93. The number of Topliss-reactive ketones (excluding diaryl/α,β-unsaturated/α-hetero) is 1. The molecule has 0 bridgehead atoms. The molecular formula is C21H24N6O2. The molecule has 0 aliphatic carbocycles. The van der Waals surface area contributed by atoms with E-state index in [-0.39, 0.29) is 17.6 Å². The molecule has 1 aromatic carbocycles. The predicted molar refractivity (Wildman–Crippen MR) is 106 cm³/mol. The fourth-order valence-electron chi connectivity index (χ4n) is 3.72. The number of carbonyl (C=O) groups is 2. The van der Waals surface area contributed by atoms with Crippen LogP contribution in [-0.4, -0.2) is 54.2 Å². The van der Waals surface area contributed by atoms with Crippen LogP contribution in [0.4, 0.5) is 0 Å². The highest BCUT2D eigenvalue weighted by Crippen LogP contribution is 2.21. The molecule has 1 aliphatic heterocycles. The Bertz CT molecular complexity index is 994. The molecular weight excluding hydrogens is 368 g/mol. The van der Waals surface area contributed by atoms with Crippen molar-refractivity contribution in [2.24, 2.45) is 13.0 Å². The van der Waals surface area contributed by atoms with Gasteiger partial charge >= 0.3 is 0 Å². The number of hydrogen-bond acceptors (Lipinski definition) is 5. The molecule has 1 fully saturated rings. The van der Waals surface area contributed by atoms with Gasteiger partial charge in [0.1, 0.15) is 0 Å². The number of piperidine rings is 1. The third-order valence-electron chi connectivity index (χ3n) is 5.35. The third kappa shape index (κ3) is 4.26. The Morgan fingerprint density at radius 3 is 2.79 bits per heavy atom. The number of imidazole rings is 1. The molecule has 1 aliphatic rings. The number of likely N-dealkylation sites (tertiary alicyclic amines) is 1. The summed E-state index contributed by atoms with van der Waals surface area (Å²) in [5.74, 6) is 0.0212. The molecule has 1 unspecified atom stereocenters. The minimum atomic E-state index is -0.234. The molecule has 2 aromatic heterocycles. The van der Waals surface area contributed by atoms with Gasteiger partial charge < -0.3 is 9.47 Å². The summed E-state index contributed by atoms with van der Waals surface area (Å²) >= 11 is 0. The van der Waals surface area contributed by atoms with Crippen molar-refractivity contribution in [3.8, 4) is 0 Å². The first kappa shape index (κ1) is 19.0. The lowest BCUT2D eigenvalue weighted by molar-refractivity contribution is 0.0628. The van der Waals surface area contributed by atoms with E-state index in [1.807, 2.05) is 18.2 Å². The van der Waals surface area contributed by atoms with Gasteiger partial charge in [0.2, 0.25) is 5.78 Å². The lowest BCUT2D eigenvalue weighted by Gasteiger charge is -2.31. The minimum absolute atomic E-state index is 0.0125. The SMILES string of the molecule is Cn1ccnc1C(=O)C1CCCN(C(=O)c2cn(CCc3ccccc3)nn2)C1. The van der Waals surface area contributed by atoms with Crippen molar-refractivity contribution in [2.75, 3.05) is 13.1 Å². The highest BCUT2D eigenvalue weighted by molar-refractivity contribution is 5.96. The Kier molecular flexibility index (Phi) is 5.50. The monoisotopic (exact) mass is 392 g/mol. The first-order chi connectivity index (χ1) is 14.1. The summed E-state index contributed by atoms with van der Waals surface area (Å²) in [5, 5.41) is 8.15. The zero-order chi connectivity index (χ0) is 20.2. The third-order valence-corrected chi connectivity index (χ3v) is 5.35. The number of ketones is 1. The van der Waals surface area contributed by atoms with Gasteiger partial charge in [-0.25, -0.2) is 4.98 Å². The molecule has 1 amide bonds. The number of benzene rings is 1. The number of nitrogens with zero attached hydrogens (tertiary/aromatic N) is 6. The average Bonchev–Trinajstić information content (AvgIpc) is 3.41. The number of rotatable bonds is 6. The van der Waals surface area contributed by atoms with Gasteiger partial charge in [-0.05, 0) is 24.8 Å². The lowest BCUT2D eigenvalue weighted by Crippen LogP contribution is -2.42. The zero-order valence-corrected chi connectivity index (χ0v) is 16.4. The second kappa shape index (κ2) is 8.38. The van der Waals surface area contributed by atoms with Crippen molar-refractivity contribution in [1.82, 2.24) is 29.4 Å². The van der Waals surface area contributed by atoms with E-state index in [1.165, 1.54) is 5.56 Å². The van der Waals surface area contributed by atoms with E-state index >= 15 is 0 Å². The van der Waals surface area contributed by atoms with Crippen LogP contribution in [0.2, 0.25) is 0 Å². The van der Waals surface area contributed by atoms with Crippen LogP contribution in [0, 0.1) is 5.92 Å². The molecule has 0 saturated carbocycles. The molecule has 0 N–H and O–H groups in total. The second-order valence-corrected chi connectivity index (χ2v) is 7.42. The summed E-state index contributed by atoms with van der Waals surface area (Å²) in [5.41, 5.74) is 1.53. The van der Waals surface area contributed by atoms with Gasteiger partial charge in [0.15, 0.2) is 11.5 Å². The highest BCUT2D eigenvalue weighted by Gasteiger charge is 2.31. The summed E-state index contributed by atoms with van der Waals surface area (Å²) in [4.78, 5) is 31.5. The van der Waals surface area contributed by atoms with Gasteiger partial charge in [0.25, 0.3) is 5.91 Å². The van der Waals surface area contributed by atoms with Crippen LogP contribution in [0.15, 0.2) is 48.9 Å². The average molecular weight is 392 g/mol. The molecule has 8 heteroatoms. The van der Waals surface area contributed by atoms with Crippen molar-refractivity contribution in [3.05, 3.63) is 66.0 Å². The van der Waals surface area contributed by atoms with Gasteiger partial charge in [-0.2, -0.15) is 0 Å². The maximum atomic E-state index is 12.9. The van der Waals surface area contributed by atoms with Crippen LogP contribution in [0.5, 0.6) is 0 Å². The van der Waals surface area contributed by atoms with Gasteiger partial charge in [0, 0.05) is 45.0 Å². The van der Waals surface area contributed by atoms with Gasteiger partial charge in [0.05, 0.1) is 6.20 Å². The first-order valence-corrected chi connectivity index (χ1v) is 9.86. The van der Waals surface area contributed by atoms with Gasteiger partial charge in [-0.15, -0.1) is 5.10 Å². The van der Waals surface area contributed by atoms with E-state index in [4.69, 9.17) is 0 Å². The zero-order valence-electron chi connectivity index (χ0n) is 16.4. The maximum Gasteiger partial charge on any atom is 0.276 e. The quantitative estimate of drug-likeness (QED) is 0.599. The first-order valence-electron chi connectivity index (χ1n) is 9.86. The molecule has 0 spiro atoms. The normalized spacial score (nSPS) is 16.7. The Labute approximate surface area is 169 Å². The highest BCUT2D eigenvalue weighted by atomic mass is 16.2.